The van der Waals surface area contributed by atoms with Crippen molar-refractivity contribution in [2.45, 2.75) is 25.9 Å². The third kappa shape index (κ3) is 4.56. The molecule has 1 saturated heterocycles. The highest BCUT2D eigenvalue weighted by Crippen LogP contribution is 2.31. The summed E-state index contributed by atoms with van der Waals surface area (Å²) in [4.78, 5) is 30.9. The molecule has 0 unspecified atom stereocenters. The number of nitrogens with one attached hydrogen (secondary N) is 1. The third-order valence-corrected chi connectivity index (χ3v) is 6.01. The predicted octanol–water partition coefficient (Wildman–Crippen LogP) is 3.40. The summed E-state index contributed by atoms with van der Waals surface area (Å²) in [6.07, 6.45) is 1.57. The molecule has 1 aliphatic heterocycles. The molecule has 3 aromatic rings. The smallest absolute Gasteiger partial charge is 0.274 e. The summed E-state index contributed by atoms with van der Waals surface area (Å²) in [7, 11) is 0. The number of thiazole rings is 1. The average Bonchev–Trinajstić information content (AvgIpc) is 3.17. The molecule has 4 rings (SSSR count). The molecule has 1 N–H and O–H groups in total. The number of carbonyl (C=O) groups is 2. The second-order valence-corrected chi connectivity index (χ2v) is 8.14. The summed E-state index contributed by atoms with van der Waals surface area (Å²) in [5.74, 6) is -0.299. The highest BCUT2D eigenvalue weighted by Gasteiger charge is 2.25. The molecular formula is C22H23N3O3S. The standard InChI is InChI=1S/C22H23N3O3S/c1-15-6-5-9-18-20(15)24-22(29-18)28-17-10-12-25(13-11-17)19(26)14-23-21(27)16-7-3-2-4-8-16/h2-9,17H,10-14H2,1H3,(H,23,27). The number of aryl methyl sites for hydroxylation is 1. The van der Waals surface area contributed by atoms with Crippen LogP contribution in [-0.2, 0) is 4.79 Å². The molecule has 1 aromatic heterocycles. The average molecular weight is 410 g/mol. The SMILES string of the molecule is Cc1cccc2sc(OC3CCN(C(=O)CNC(=O)c4ccccc4)CC3)nc12. The molecule has 0 aliphatic carbocycles. The summed E-state index contributed by atoms with van der Waals surface area (Å²) in [5.41, 5.74) is 2.69. The Hall–Kier alpha value is -2.93. The predicted molar refractivity (Wildman–Crippen MR) is 113 cm³/mol. The van der Waals surface area contributed by atoms with Crippen LogP contribution in [0.4, 0.5) is 0 Å². The van der Waals surface area contributed by atoms with Crippen molar-refractivity contribution < 1.29 is 14.3 Å². The molecule has 0 saturated carbocycles. The summed E-state index contributed by atoms with van der Waals surface area (Å²) in [6, 6.07) is 15.0. The van der Waals surface area contributed by atoms with Gasteiger partial charge in [0, 0.05) is 31.5 Å². The molecule has 7 heteroatoms. The van der Waals surface area contributed by atoms with Gasteiger partial charge in [-0.2, -0.15) is 0 Å². The van der Waals surface area contributed by atoms with Crippen molar-refractivity contribution in [3.63, 3.8) is 0 Å². The van der Waals surface area contributed by atoms with Crippen LogP contribution in [0.5, 0.6) is 5.19 Å². The van der Waals surface area contributed by atoms with Gasteiger partial charge >= 0.3 is 0 Å². The van der Waals surface area contributed by atoms with Gasteiger partial charge in [-0.1, -0.05) is 41.7 Å². The summed E-state index contributed by atoms with van der Waals surface area (Å²) in [6.45, 7) is 3.30. The molecule has 6 nitrogen and oxygen atoms in total. The topological polar surface area (TPSA) is 71.5 Å². The van der Waals surface area contributed by atoms with E-state index in [1.807, 2.05) is 25.1 Å². The fourth-order valence-electron chi connectivity index (χ4n) is 3.44. The second kappa shape index (κ2) is 8.61. The molecule has 150 valence electrons. The highest BCUT2D eigenvalue weighted by atomic mass is 32.1. The van der Waals surface area contributed by atoms with Gasteiger partial charge in [0.25, 0.3) is 11.1 Å². The number of rotatable bonds is 5. The van der Waals surface area contributed by atoms with Crippen LogP contribution in [0.25, 0.3) is 10.2 Å². The van der Waals surface area contributed by atoms with E-state index in [0.29, 0.717) is 23.8 Å². The number of amides is 2. The van der Waals surface area contributed by atoms with Gasteiger partial charge in [-0.15, -0.1) is 0 Å². The van der Waals surface area contributed by atoms with E-state index in [1.54, 1.807) is 40.5 Å². The second-order valence-electron chi connectivity index (χ2n) is 7.15. The van der Waals surface area contributed by atoms with E-state index in [-0.39, 0.29) is 24.5 Å². The normalized spacial score (nSPS) is 14.7. The maximum absolute atomic E-state index is 12.4. The highest BCUT2D eigenvalue weighted by molar-refractivity contribution is 7.20. The number of benzene rings is 2. The van der Waals surface area contributed by atoms with Gasteiger partial charge in [-0.05, 0) is 30.7 Å². The molecule has 2 aromatic carbocycles. The minimum absolute atomic E-state index is 0.0103. The first-order valence-electron chi connectivity index (χ1n) is 9.74. The number of fused-ring (bicyclic) bond motifs is 1. The molecule has 1 aliphatic rings. The number of hydrogen-bond donors (Lipinski definition) is 1. The Labute approximate surface area is 173 Å². The van der Waals surface area contributed by atoms with Crippen molar-refractivity contribution in [2.24, 2.45) is 0 Å². The lowest BCUT2D eigenvalue weighted by Gasteiger charge is -2.31. The first-order chi connectivity index (χ1) is 14.1. The summed E-state index contributed by atoms with van der Waals surface area (Å²) < 4.78 is 7.21. The van der Waals surface area contributed by atoms with E-state index in [0.717, 1.165) is 28.6 Å². The monoisotopic (exact) mass is 409 g/mol. The Morgan fingerprint density at radius 1 is 1.14 bits per heavy atom. The fourth-order valence-corrected chi connectivity index (χ4v) is 4.40. The maximum Gasteiger partial charge on any atom is 0.274 e. The van der Waals surface area contributed by atoms with Crippen LogP contribution < -0.4 is 10.1 Å². The minimum atomic E-state index is -0.233. The molecular weight excluding hydrogens is 386 g/mol. The van der Waals surface area contributed by atoms with Gasteiger partial charge in [0.15, 0.2) is 0 Å². The Balaban J connectivity index is 1.26. The van der Waals surface area contributed by atoms with E-state index in [2.05, 4.69) is 16.4 Å². The zero-order valence-electron chi connectivity index (χ0n) is 16.3. The zero-order valence-corrected chi connectivity index (χ0v) is 17.1. The van der Waals surface area contributed by atoms with Crippen LogP contribution in [0.15, 0.2) is 48.5 Å². The van der Waals surface area contributed by atoms with Crippen LogP contribution in [-0.4, -0.2) is 47.4 Å². The lowest BCUT2D eigenvalue weighted by molar-refractivity contribution is -0.131. The number of piperidine rings is 1. The van der Waals surface area contributed by atoms with E-state index in [1.165, 1.54) is 0 Å². The van der Waals surface area contributed by atoms with Gasteiger partial charge in [-0.25, -0.2) is 4.98 Å². The fraction of sp³-hybridized carbons (Fsp3) is 0.318. The number of nitrogens with zero attached hydrogens (tertiary/aromatic N) is 2. The molecule has 0 radical (unpaired) electrons. The number of hydrogen-bond acceptors (Lipinski definition) is 5. The van der Waals surface area contributed by atoms with Crippen molar-refractivity contribution in [1.29, 1.82) is 0 Å². The Morgan fingerprint density at radius 2 is 1.90 bits per heavy atom. The van der Waals surface area contributed by atoms with Crippen molar-refractivity contribution in [3.8, 4) is 5.19 Å². The molecule has 2 heterocycles. The Kier molecular flexibility index (Phi) is 5.76. The first-order valence-corrected chi connectivity index (χ1v) is 10.6. The molecule has 2 amide bonds. The number of aromatic nitrogens is 1. The van der Waals surface area contributed by atoms with E-state index in [4.69, 9.17) is 4.74 Å². The van der Waals surface area contributed by atoms with Crippen LogP contribution in [0, 0.1) is 6.92 Å². The van der Waals surface area contributed by atoms with Crippen LogP contribution in [0.2, 0.25) is 0 Å². The van der Waals surface area contributed by atoms with Crippen LogP contribution in [0.3, 0.4) is 0 Å². The van der Waals surface area contributed by atoms with Crippen molar-refractivity contribution in [2.75, 3.05) is 19.6 Å². The van der Waals surface area contributed by atoms with Crippen molar-refractivity contribution in [3.05, 3.63) is 59.7 Å². The quantitative estimate of drug-likeness (QED) is 0.701. The van der Waals surface area contributed by atoms with Crippen LogP contribution in [0.1, 0.15) is 28.8 Å². The van der Waals surface area contributed by atoms with E-state index < -0.39 is 0 Å². The number of carbonyl (C=O) groups excluding carboxylic acids is 2. The zero-order chi connectivity index (χ0) is 20.2. The van der Waals surface area contributed by atoms with Gasteiger partial charge < -0.3 is 15.0 Å². The first kappa shape index (κ1) is 19.4. The Bertz CT molecular complexity index is 1010. The van der Waals surface area contributed by atoms with Crippen molar-refractivity contribution >= 4 is 33.4 Å². The van der Waals surface area contributed by atoms with Crippen molar-refractivity contribution in [1.82, 2.24) is 15.2 Å². The molecule has 0 atom stereocenters. The lowest BCUT2D eigenvalue weighted by atomic mass is 10.1. The van der Waals surface area contributed by atoms with Gasteiger partial charge in [0.2, 0.25) is 5.91 Å². The number of ether oxygens (including phenoxy) is 1. The Morgan fingerprint density at radius 3 is 2.62 bits per heavy atom. The number of likely N-dealkylation sites (tertiary alicyclic amines) is 1. The maximum atomic E-state index is 12.4. The van der Waals surface area contributed by atoms with E-state index in [9.17, 15) is 9.59 Å². The largest absolute Gasteiger partial charge is 0.467 e. The molecule has 0 bridgehead atoms. The molecule has 1 fully saturated rings. The van der Waals surface area contributed by atoms with Gasteiger partial charge in [0.1, 0.15) is 6.10 Å². The lowest BCUT2D eigenvalue weighted by Crippen LogP contribution is -2.46. The van der Waals surface area contributed by atoms with Crippen LogP contribution >= 0.6 is 11.3 Å². The third-order valence-electron chi connectivity index (χ3n) is 5.10. The molecule has 29 heavy (non-hydrogen) atoms. The van der Waals surface area contributed by atoms with Gasteiger partial charge in [-0.3, -0.25) is 9.59 Å². The summed E-state index contributed by atoms with van der Waals surface area (Å²) in [5, 5.41) is 3.39. The minimum Gasteiger partial charge on any atom is -0.467 e. The number of para-hydroxylation sites is 1. The van der Waals surface area contributed by atoms with Gasteiger partial charge in [0.05, 0.1) is 16.8 Å². The molecule has 0 spiro atoms. The van der Waals surface area contributed by atoms with E-state index >= 15 is 0 Å². The summed E-state index contributed by atoms with van der Waals surface area (Å²) >= 11 is 1.56.